The summed E-state index contributed by atoms with van der Waals surface area (Å²) in [5.41, 5.74) is 0.785. The summed E-state index contributed by atoms with van der Waals surface area (Å²) in [5, 5.41) is 6.96. The molecule has 3 amide bonds. The Balaban J connectivity index is 1.27. The first-order chi connectivity index (χ1) is 17.0. The normalized spacial score (nSPS) is 25.5. The highest BCUT2D eigenvalue weighted by atomic mass is 35.5. The van der Waals surface area contributed by atoms with Crippen molar-refractivity contribution in [2.45, 2.75) is 44.1 Å². The van der Waals surface area contributed by atoms with Gasteiger partial charge in [-0.25, -0.2) is 0 Å². The molecule has 1 aromatic rings. The van der Waals surface area contributed by atoms with Gasteiger partial charge >= 0.3 is 12.1 Å². The summed E-state index contributed by atoms with van der Waals surface area (Å²) in [7, 11) is 0. The predicted molar refractivity (Wildman–Crippen MR) is 127 cm³/mol. The molecule has 2 aliphatic heterocycles. The topological polar surface area (TPSA) is 85.0 Å². The summed E-state index contributed by atoms with van der Waals surface area (Å²) in [6, 6.07) is 5.13. The fourth-order valence-electron chi connectivity index (χ4n) is 5.22. The Hall–Kier alpha value is -2.08. The van der Waals surface area contributed by atoms with E-state index in [1.54, 1.807) is 18.2 Å². The van der Waals surface area contributed by atoms with Crippen LogP contribution in [0.25, 0.3) is 0 Å². The van der Waals surface area contributed by atoms with Crippen LogP contribution in [-0.2, 0) is 20.9 Å². The average molecular weight is 550 g/mol. The summed E-state index contributed by atoms with van der Waals surface area (Å²) in [6.07, 6.45) is -2.72. The zero-order valence-corrected chi connectivity index (χ0v) is 21.0. The van der Waals surface area contributed by atoms with Crippen LogP contribution in [-0.4, -0.2) is 90.1 Å². The number of alkyl halides is 3. The lowest BCUT2D eigenvalue weighted by Gasteiger charge is -2.47. The van der Waals surface area contributed by atoms with Crippen molar-refractivity contribution in [2.24, 2.45) is 5.92 Å². The molecule has 0 radical (unpaired) electrons. The molecule has 36 heavy (non-hydrogen) atoms. The lowest BCUT2D eigenvalue weighted by molar-refractivity contribution is -0.187. The van der Waals surface area contributed by atoms with E-state index in [4.69, 9.17) is 23.2 Å². The number of piperazine rings is 1. The number of hydrogen-bond donors (Lipinski definition) is 2. The van der Waals surface area contributed by atoms with Crippen LogP contribution in [0.5, 0.6) is 0 Å². The summed E-state index contributed by atoms with van der Waals surface area (Å²) in [4.78, 5) is 41.6. The van der Waals surface area contributed by atoms with Gasteiger partial charge in [0.15, 0.2) is 0 Å². The molecule has 2 saturated heterocycles. The van der Waals surface area contributed by atoms with Crippen LogP contribution in [0.15, 0.2) is 18.2 Å². The smallest absolute Gasteiger partial charge is 0.350 e. The van der Waals surface area contributed by atoms with Crippen molar-refractivity contribution in [1.29, 1.82) is 0 Å². The largest absolute Gasteiger partial charge is 0.471 e. The summed E-state index contributed by atoms with van der Waals surface area (Å²) in [5.74, 6) is -2.51. The molecule has 1 aromatic carbocycles. The summed E-state index contributed by atoms with van der Waals surface area (Å²) in [6.45, 7) is 1.16. The molecule has 0 bridgehead atoms. The first kappa shape index (κ1) is 27.0. The van der Waals surface area contributed by atoms with E-state index in [0.717, 1.165) is 23.3 Å². The predicted octanol–water partition coefficient (Wildman–Crippen LogP) is 2.24. The van der Waals surface area contributed by atoms with Crippen molar-refractivity contribution < 1.29 is 27.6 Å². The highest BCUT2D eigenvalue weighted by molar-refractivity contribution is 6.42. The van der Waals surface area contributed by atoms with Gasteiger partial charge in [-0.2, -0.15) is 13.2 Å². The number of amides is 3. The SMILES string of the molecule is O=C(CN1CNC2CCC(N3CCN(C(=O)C(F)(F)F)CC3)CC2C1=O)NCc1ccc(Cl)c(Cl)c1. The summed E-state index contributed by atoms with van der Waals surface area (Å²) >= 11 is 11.9. The van der Waals surface area contributed by atoms with Crippen LogP contribution < -0.4 is 10.6 Å². The zero-order chi connectivity index (χ0) is 26.0. The first-order valence-electron chi connectivity index (χ1n) is 11.9. The molecular formula is C23H28Cl2F3N5O3. The minimum atomic E-state index is -4.86. The molecule has 4 rings (SSSR count). The number of hydrogen-bond acceptors (Lipinski definition) is 5. The molecule has 2 heterocycles. The number of benzene rings is 1. The second kappa shape index (κ2) is 11.1. The van der Waals surface area contributed by atoms with Crippen molar-refractivity contribution >= 4 is 40.9 Å². The Morgan fingerprint density at radius 2 is 1.81 bits per heavy atom. The Labute approximate surface area is 217 Å². The van der Waals surface area contributed by atoms with E-state index in [9.17, 15) is 27.6 Å². The monoisotopic (exact) mass is 549 g/mol. The van der Waals surface area contributed by atoms with Crippen molar-refractivity contribution in [3.05, 3.63) is 33.8 Å². The van der Waals surface area contributed by atoms with Crippen molar-refractivity contribution in [3.8, 4) is 0 Å². The minimum Gasteiger partial charge on any atom is -0.350 e. The molecular weight excluding hydrogens is 522 g/mol. The van der Waals surface area contributed by atoms with Gasteiger partial charge in [-0.3, -0.25) is 24.6 Å². The Morgan fingerprint density at radius 3 is 2.47 bits per heavy atom. The second-order valence-electron chi connectivity index (χ2n) is 9.43. The number of fused-ring (bicyclic) bond motifs is 1. The second-order valence-corrected chi connectivity index (χ2v) is 10.2. The fraction of sp³-hybridized carbons (Fsp3) is 0.609. The lowest BCUT2D eigenvalue weighted by atomic mass is 9.79. The Kier molecular flexibility index (Phi) is 8.33. The van der Waals surface area contributed by atoms with Crippen molar-refractivity contribution in [2.75, 3.05) is 39.4 Å². The number of nitrogens with zero attached hydrogens (tertiary/aromatic N) is 3. The highest BCUT2D eigenvalue weighted by Crippen LogP contribution is 2.32. The van der Waals surface area contributed by atoms with Gasteiger partial charge in [0.1, 0.15) is 6.54 Å². The van der Waals surface area contributed by atoms with E-state index in [1.165, 1.54) is 4.90 Å². The average Bonchev–Trinajstić information content (AvgIpc) is 2.85. The maximum atomic E-state index is 13.2. The van der Waals surface area contributed by atoms with Crippen LogP contribution in [0.1, 0.15) is 24.8 Å². The fourth-order valence-corrected chi connectivity index (χ4v) is 5.54. The van der Waals surface area contributed by atoms with Gasteiger partial charge in [-0.1, -0.05) is 29.3 Å². The van der Waals surface area contributed by atoms with Crippen LogP contribution in [0, 0.1) is 5.92 Å². The Morgan fingerprint density at radius 1 is 1.08 bits per heavy atom. The van der Waals surface area contributed by atoms with Gasteiger partial charge in [0.25, 0.3) is 0 Å². The third-order valence-electron chi connectivity index (χ3n) is 7.16. The van der Waals surface area contributed by atoms with Gasteiger partial charge < -0.3 is 15.1 Å². The van der Waals surface area contributed by atoms with E-state index < -0.39 is 12.1 Å². The maximum Gasteiger partial charge on any atom is 0.471 e. The van der Waals surface area contributed by atoms with E-state index >= 15 is 0 Å². The molecule has 3 aliphatic rings. The third-order valence-corrected chi connectivity index (χ3v) is 7.90. The van der Waals surface area contributed by atoms with Crippen LogP contribution in [0.2, 0.25) is 10.0 Å². The van der Waals surface area contributed by atoms with E-state index in [2.05, 4.69) is 15.5 Å². The first-order valence-corrected chi connectivity index (χ1v) is 12.6. The number of rotatable bonds is 5. The molecule has 2 N–H and O–H groups in total. The number of carbonyl (C=O) groups is 3. The van der Waals surface area contributed by atoms with Gasteiger partial charge in [-0.15, -0.1) is 0 Å². The van der Waals surface area contributed by atoms with Crippen LogP contribution in [0.4, 0.5) is 13.2 Å². The maximum absolute atomic E-state index is 13.2. The van der Waals surface area contributed by atoms with Crippen molar-refractivity contribution in [1.82, 2.24) is 25.3 Å². The van der Waals surface area contributed by atoms with Crippen LogP contribution >= 0.6 is 23.2 Å². The Bertz CT molecular complexity index is 1000. The molecule has 3 unspecified atom stereocenters. The van der Waals surface area contributed by atoms with Gasteiger partial charge in [0.2, 0.25) is 11.8 Å². The molecule has 0 spiro atoms. The summed E-state index contributed by atoms with van der Waals surface area (Å²) < 4.78 is 38.1. The van der Waals surface area contributed by atoms with E-state index in [0.29, 0.717) is 29.6 Å². The zero-order valence-electron chi connectivity index (χ0n) is 19.5. The highest BCUT2D eigenvalue weighted by Gasteiger charge is 2.45. The molecule has 13 heteroatoms. The van der Waals surface area contributed by atoms with E-state index in [1.807, 2.05) is 0 Å². The van der Waals surface area contributed by atoms with Gasteiger partial charge in [-0.05, 0) is 37.0 Å². The molecule has 1 aliphatic carbocycles. The molecule has 1 saturated carbocycles. The van der Waals surface area contributed by atoms with E-state index in [-0.39, 0.29) is 62.7 Å². The minimum absolute atomic E-state index is 0.0115. The third kappa shape index (κ3) is 6.24. The number of halogens is 5. The number of carbonyl (C=O) groups excluding carboxylic acids is 3. The molecule has 8 nitrogen and oxygen atoms in total. The molecule has 3 atom stereocenters. The molecule has 198 valence electrons. The van der Waals surface area contributed by atoms with Gasteiger partial charge in [0, 0.05) is 44.8 Å². The quantitative estimate of drug-likeness (QED) is 0.588. The number of nitrogens with one attached hydrogen (secondary N) is 2. The van der Waals surface area contributed by atoms with Crippen LogP contribution in [0.3, 0.4) is 0 Å². The molecule has 0 aromatic heterocycles. The molecule has 3 fully saturated rings. The standard InChI is InChI=1S/C23H28Cl2F3N5O3/c24-17-3-1-14(9-18(17)25)11-29-20(34)12-33-13-30-19-4-2-15(10-16(19)21(33)35)31-5-7-32(8-6-31)22(36)23(26,27)28/h1,3,9,15-16,19,30H,2,4-8,10-13H2,(H,29,34). The lowest BCUT2D eigenvalue weighted by Crippen LogP contribution is -2.62. The van der Waals surface area contributed by atoms with Crippen molar-refractivity contribution in [3.63, 3.8) is 0 Å². The van der Waals surface area contributed by atoms with Gasteiger partial charge in [0.05, 0.1) is 22.6 Å².